The molecule has 1 saturated heterocycles. The fraction of sp³-hybridized carbons (Fsp3) is 0.185. The summed E-state index contributed by atoms with van der Waals surface area (Å²) in [7, 11) is 2.92. The van der Waals surface area contributed by atoms with Crippen LogP contribution in [0.1, 0.15) is 37.9 Å². The number of hydrogen-bond donors (Lipinski definition) is 0. The number of rotatable bonds is 7. The van der Waals surface area contributed by atoms with Crippen LogP contribution in [0.2, 0.25) is 0 Å². The fourth-order valence-corrected chi connectivity index (χ4v) is 4.27. The van der Waals surface area contributed by atoms with Crippen LogP contribution >= 0.6 is 0 Å². The van der Waals surface area contributed by atoms with Crippen molar-refractivity contribution >= 4 is 29.1 Å². The van der Waals surface area contributed by atoms with Gasteiger partial charge in [-0.2, -0.15) is 0 Å². The molecule has 3 aromatic rings. The lowest BCUT2D eigenvalue weighted by molar-refractivity contribution is -0.255. The molecule has 8 heteroatoms. The van der Waals surface area contributed by atoms with Crippen molar-refractivity contribution in [2.45, 2.75) is 13.0 Å². The molecule has 0 aromatic heterocycles. The summed E-state index contributed by atoms with van der Waals surface area (Å²) in [6.45, 7) is 1.87. The molecule has 178 valence electrons. The maximum Gasteiger partial charge on any atom is 0.295 e. The molecule has 1 fully saturated rings. The number of carbonyl (C=O) groups is 4. The molecule has 0 radical (unpaired) electrons. The first-order chi connectivity index (χ1) is 16.8. The number of anilines is 1. The second-order valence-electron chi connectivity index (χ2n) is 8.14. The van der Waals surface area contributed by atoms with Gasteiger partial charge in [0, 0.05) is 11.3 Å². The van der Waals surface area contributed by atoms with Gasteiger partial charge in [-0.05, 0) is 42.3 Å². The zero-order valence-corrected chi connectivity index (χ0v) is 19.3. The van der Waals surface area contributed by atoms with Crippen LogP contribution in [-0.4, -0.2) is 37.7 Å². The highest BCUT2D eigenvalue weighted by Gasteiger charge is 2.52. The molecule has 4 rings (SSSR count). The summed E-state index contributed by atoms with van der Waals surface area (Å²) in [6, 6.07) is 16.1. The molecular formula is C27H22NO7-. The third kappa shape index (κ3) is 4.26. The van der Waals surface area contributed by atoms with E-state index in [2.05, 4.69) is 0 Å². The predicted octanol–water partition coefficient (Wildman–Crippen LogP) is 2.53. The van der Waals surface area contributed by atoms with Crippen LogP contribution < -0.4 is 19.5 Å². The molecule has 0 saturated carbocycles. The minimum absolute atomic E-state index is 0.157. The van der Waals surface area contributed by atoms with Crippen molar-refractivity contribution < 1.29 is 33.8 Å². The number of aryl methyl sites for hydroxylation is 1. The van der Waals surface area contributed by atoms with Gasteiger partial charge in [0.1, 0.15) is 5.92 Å². The average molecular weight is 472 g/mol. The van der Waals surface area contributed by atoms with Gasteiger partial charge in [-0.15, -0.1) is 0 Å². The number of aromatic carboxylic acids is 1. The number of Topliss-reactive ketones (excluding diaryl/α,β-unsaturated/α-hetero) is 2. The first-order valence-electron chi connectivity index (χ1n) is 10.8. The number of carbonyl (C=O) groups excluding carboxylic acids is 4. The van der Waals surface area contributed by atoms with E-state index < -0.39 is 35.4 Å². The van der Waals surface area contributed by atoms with E-state index in [0.29, 0.717) is 17.1 Å². The standard InChI is InChI=1S/C27H23NO7/c1-15-7-9-16(10-8-15)24(29)22-23(17-11-12-20(34-2)21(14-17)35-3)28(26(31)25(22)30)19-6-4-5-18(13-19)27(32)33/h4-14,22-23H,1-3H3,(H,32,33)/p-1. The molecule has 35 heavy (non-hydrogen) atoms. The van der Waals surface area contributed by atoms with Gasteiger partial charge in [0.05, 0.1) is 26.2 Å². The van der Waals surface area contributed by atoms with E-state index in [9.17, 15) is 24.3 Å². The number of hydrogen-bond acceptors (Lipinski definition) is 7. The number of carboxylic acid groups (broad SMARTS) is 1. The Morgan fingerprint density at radius 1 is 0.857 bits per heavy atom. The molecular weight excluding hydrogens is 450 g/mol. The summed E-state index contributed by atoms with van der Waals surface area (Å²) in [4.78, 5) is 52.7. The molecule has 3 aromatic carbocycles. The molecule has 1 aliphatic rings. The molecule has 1 heterocycles. The van der Waals surface area contributed by atoms with Crippen LogP contribution in [0.4, 0.5) is 5.69 Å². The van der Waals surface area contributed by atoms with Gasteiger partial charge in [-0.25, -0.2) is 0 Å². The topological polar surface area (TPSA) is 113 Å². The fourth-order valence-electron chi connectivity index (χ4n) is 4.27. The van der Waals surface area contributed by atoms with Crippen LogP contribution in [0.3, 0.4) is 0 Å². The van der Waals surface area contributed by atoms with Gasteiger partial charge in [0.25, 0.3) is 5.91 Å². The lowest BCUT2D eigenvalue weighted by atomic mass is 9.86. The highest BCUT2D eigenvalue weighted by atomic mass is 16.5. The Balaban J connectivity index is 1.90. The zero-order valence-electron chi connectivity index (χ0n) is 19.3. The van der Waals surface area contributed by atoms with Crippen molar-refractivity contribution in [3.8, 4) is 11.5 Å². The number of ketones is 2. The molecule has 0 bridgehead atoms. The molecule has 8 nitrogen and oxygen atoms in total. The Morgan fingerprint density at radius 3 is 2.17 bits per heavy atom. The van der Waals surface area contributed by atoms with Crippen molar-refractivity contribution in [2.75, 3.05) is 19.1 Å². The summed E-state index contributed by atoms with van der Waals surface area (Å²) in [5, 5.41) is 11.4. The average Bonchev–Trinajstić information content (AvgIpc) is 3.13. The highest BCUT2D eigenvalue weighted by molar-refractivity contribution is 6.49. The maximum absolute atomic E-state index is 13.6. The molecule has 1 aliphatic heterocycles. The zero-order chi connectivity index (χ0) is 25.3. The van der Waals surface area contributed by atoms with Gasteiger partial charge in [-0.1, -0.05) is 48.0 Å². The Morgan fingerprint density at radius 2 is 1.54 bits per heavy atom. The molecule has 2 atom stereocenters. The van der Waals surface area contributed by atoms with E-state index >= 15 is 0 Å². The van der Waals surface area contributed by atoms with E-state index in [4.69, 9.17) is 9.47 Å². The summed E-state index contributed by atoms with van der Waals surface area (Å²) in [5.74, 6) is -4.31. The quantitative estimate of drug-likeness (QED) is 0.295. The van der Waals surface area contributed by atoms with Crippen molar-refractivity contribution in [3.63, 3.8) is 0 Å². The van der Waals surface area contributed by atoms with Gasteiger partial charge in [0.2, 0.25) is 5.78 Å². The van der Waals surface area contributed by atoms with Crippen molar-refractivity contribution in [3.05, 3.63) is 89.0 Å². The molecule has 0 aliphatic carbocycles. The summed E-state index contributed by atoms with van der Waals surface area (Å²) in [5.41, 5.74) is 1.67. The van der Waals surface area contributed by atoms with Crippen LogP contribution in [0.15, 0.2) is 66.7 Å². The van der Waals surface area contributed by atoms with Crippen LogP contribution in [-0.2, 0) is 9.59 Å². The van der Waals surface area contributed by atoms with Crippen LogP contribution in [0.25, 0.3) is 0 Å². The minimum atomic E-state index is -1.43. The summed E-state index contributed by atoms with van der Waals surface area (Å²) >= 11 is 0. The Labute approximate surface area is 201 Å². The van der Waals surface area contributed by atoms with E-state index in [1.165, 1.54) is 38.5 Å². The van der Waals surface area contributed by atoms with Gasteiger partial charge in [-0.3, -0.25) is 19.3 Å². The number of carboxylic acids is 1. The van der Waals surface area contributed by atoms with Crippen molar-refractivity contribution in [1.29, 1.82) is 0 Å². The number of amides is 1. The number of nitrogens with zero attached hydrogens (tertiary/aromatic N) is 1. The predicted molar refractivity (Wildman–Crippen MR) is 125 cm³/mol. The SMILES string of the molecule is COc1ccc(C2C(C(=O)c3ccc(C)cc3)C(=O)C(=O)N2c2cccc(C(=O)[O-])c2)cc1OC. The van der Waals surface area contributed by atoms with E-state index in [1.54, 1.807) is 42.5 Å². The van der Waals surface area contributed by atoms with Gasteiger partial charge < -0.3 is 19.4 Å². The normalized spacial score (nSPS) is 17.4. The summed E-state index contributed by atoms with van der Waals surface area (Å²) in [6.07, 6.45) is 0. The maximum atomic E-state index is 13.6. The number of methoxy groups -OCH3 is 2. The lowest BCUT2D eigenvalue weighted by Gasteiger charge is -2.28. The van der Waals surface area contributed by atoms with Crippen LogP contribution in [0.5, 0.6) is 11.5 Å². The van der Waals surface area contributed by atoms with Crippen molar-refractivity contribution in [2.24, 2.45) is 5.92 Å². The first kappa shape index (κ1) is 23.7. The smallest absolute Gasteiger partial charge is 0.295 e. The second kappa shape index (κ2) is 9.42. The summed E-state index contributed by atoms with van der Waals surface area (Å²) < 4.78 is 10.7. The first-order valence-corrected chi connectivity index (χ1v) is 10.8. The largest absolute Gasteiger partial charge is 0.545 e. The third-order valence-corrected chi connectivity index (χ3v) is 6.03. The molecule has 1 amide bonds. The highest BCUT2D eigenvalue weighted by Crippen LogP contribution is 2.43. The van der Waals surface area contributed by atoms with E-state index in [1.807, 2.05) is 6.92 Å². The Hall–Kier alpha value is -4.46. The second-order valence-corrected chi connectivity index (χ2v) is 8.14. The van der Waals surface area contributed by atoms with E-state index in [0.717, 1.165) is 10.5 Å². The Kier molecular flexibility index (Phi) is 6.38. The number of ether oxygens (including phenoxy) is 2. The third-order valence-electron chi connectivity index (χ3n) is 6.03. The minimum Gasteiger partial charge on any atom is -0.545 e. The van der Waals surface area contributed by atoms with Gasteiger partial charge >= 0.3 is 0 Å². The van der Waals surface area contributed by atoms with E-state index in [-0.39, 0.29) is 16.8 Å². The van der Waals surface area contributed by atoms with Crippen molar-refractivity contribution in [1.82, 2.24) is 0 Å². The molecule has 0 N–H and O–H groups in total. The number of benzene rings is 3. The monoisotopic (exact) mass is 472 g/mol. The molecule has 2 unspecified atom stereocenters. The van der Waals surface area contributed by atoms with Gasteiger partial charge in [0.15, 0.2) is 17.3 Å². The Bertz CT molecular complexity index is 1330. The van der Waals surface area contributed by atoms with Crippen LogP contribution in [0, 0.1) is 12.8 Å². The molecule has 0 spiro atoms. The lowest BCUT2D eigenvalue weighted by Crippen LogP contribution is -2.31.